The van der Waals surface area contributed by atoms with Crippen LogP contribution in [0.5, 0.6) is 5.75 Å². The predicted molar refractivity (Wildman–Crippen MR) is 139 cm³/mol. The highest BCUT2D eigenvalue weighted by Gasteiger charge is 2.40. The van der Waals surface area contributed by atoms with Crippen LogP contribution in [0.2, 0.25) is 0 Å². The van der Waals surface area contributed by atoms with E-state index in [9.17, 15) is 14.3 Å². The normalized spacial score (nSPS) is 20.7. The maximum Gasteiger partial charge on any atom is 0.237 e. The molecule has 3 aliphatic heterocycles. The largest absolute Gasteiger partial charge is 0.505 e. The molecule has 7 rings (SSSR count). The predicted octanol–water partition coefficient (Wildman–Crippen LogP) is 3.52. The number of aromatic hydroxyl groups is 1. The molecule has 4 aromatic rings. The van der Waals surface area contributed by atoms with Crippen LogP contribution < -0.4 is 0 Å². The van der Waals surface area contributed by atoms with Crippen LogP contribution >= 0.6 is 0 Å². The molecule has 3 aliphatic rings. The summed E-state index contributed by atoms with van der Waals surface area (Å²) in [6.45, 7) is 4.79. The fraction of sp³-hybridized carbons (Fsp3) is 0.393. The number of phenols is 1. The van der Waals surface area contributed by atoms with E-state index in [-0.39, 0.29) is 17.4 Å². The number of morpholine rings is 1. The van der Waals surface area contributed by atoms with E-state index in [1.807, 2.05) is 11.8 Å². The Hall–Kier alpha value is -3.83. The molecule has 0 spiro atoms. The number of ether oxygens (including phenoxy) is 1. The van der Waals surface area contributed by atoms with Gasteiger partial charge in [0.15, 0.2) is 17.4 Å². The second-order valence-electron chi connectivity index (χ2n) is 10.6. The number of H-pyrrole nitrogens is 2. The Kier molecular flexibility index (Phi) is 5.67. The number of aryl methyl sites for hydroxylation is 1. The zero-order chi connectivity index (χ0) is 26.8. The average Bonchev–Trinajstić information content (AvgIpc) is 3.72. The molecule has 1 amide bonds. The summed E-state index contributed by atoms with van der Waals surface area (Å²) in [5, 5.41) is 17.3. The van der Waals surface area contributed by atoms with Gasteiger partial charge in [0.1, 0.15) is 11.5 Å². The maximum absolute atomic E-state index is 15.5. The van der Waals surface area contributed by atoms with Crippen molar-refractivity contribution in [2.24, 2.45) is 0 Å². The van der Waals surface area contributed by atoms with Crippen molar-refractivity contribution < 1.29 is 23.4 Å². The van der Waals surface area contributed by atoms with Gasteiger partial charge in [0.2, 0.25) is 5.91 Å². The lowest BCUT2D eigenvalue weighted by Crippen LogP contribution is -2.46. The molecule has 9 nitrogen and oxygen atoms in total. The Bertz CT molecular complexity index is 1610. The average molecular weight is 535 g/mol. The van der Waals surface area contributed by atoms with Gasteiger partial charge < -0.3 is 19.7 Å². The molecule has 11 heteroatoms. The van der Waals surface area contributed by atoms with Crippen molar-refractivity contribution in [3.05, 3.63) is 52.9 Å². The smallest absolute Gasteiger partial charge is 0.237 e. The van der Waals surface area contributed by atoms with Crippen LogP contribution in [0.3, 0.4) is 0 Å². The van der Waals surface area contributed by atoms with Crippen LogP contribution in [0.25, 0.3) is 33.5 Å². The topological polar surface area (TPSA) is 110 Å². The summed E-state index contributed by atoms with van der Waals surface area (Å²) in [7, 11) is 0. The summed E-state index contributed by atoms with van der Waals surface area (Å²) in [5.41, 5.74) is 4.18. The van der Waals surface area contributed by atoms with Gasteiger partial charge in [0.25, 0.3) is 0 Å². The van der Waals surface area contributed by atoms with Crippen molar-refractivity contribution >= 4 is 16.8 Å². The van der Waals surface area contributed by atoms with Crippen LogP contribution in [-0.4, -0.2) is 79.4 Å². The molecular weight excluding hydrogens is 506 g/mol. The van der Waals surface area contributed by atoms with E-state index < -0.39 is 17.4 Å². The number of fused-ring (bicyclic) bond motifs is 4. The molecule has 2 aromatic heterocycles. The fourth-order valence-electron chi connectivity index (χ4n) is 6.17. The minimum atomic E-state index is -0.761. The molecule has 0 radical (unpaired) electrons. The zero-order valence-corrected chi connectivity index (χ0v) is 21.4. The number of aromatic nitrogens is 4. The van der Waals surface area contributed by atoms with Crippen LogP contribution in [0.4, 0.5) is 8.78 Å². The van der Waals surface area contributed by atoms with E-state index in [1.54, 1.807) is 6.07 Å². The van der Waals surface area contributed by atoms with Gasteiger partial charge in [-0.25, -0.2) is 13.8 Å². The molecule has 0 saturated carbocycles. The molecule has 2 bridgehead atoms. The third kappa shape index (κ3) is 4.07. The van der Waals surface area contributed by atoms with Crippen LogP contribution in [0.15, 0.2) is 24.3 Å². The first kappa shape index (κ1) is 24.2. The van der Waals surface area contributed by atoms with Crippen molar-refractivity contribution in [1.29, 1.82) is 0 Å². The molecule has 0 aliphatic carbocycles. The number of likely N-dealkylation sites (tertiary alicyclic amines) is 1. The number of nitrogens with zero attached hydrogens (tertiary/aromatic N) is 4. The van der Waals surface area contributed by atoms with Crippen LogP contribution in [0, 0.1) is 11.6 Å². The maximum atomic E-state index is 15.5. The van der Waals surface area contributed by atoms with Gasteiger partial charge in [-0.05, 0) is 53.8 Å². The lowest BCUT2D eigenvalue weighted by molar-refractivity contribution is -0.134. The highest BCUT2D eigenvalue weighted by Crippen LogP contribution is 2.36. The van der Waals surface area contributed by atoms with E-state index in [0.717, 1.165) is 24.4 Å². The molecule has 2 atom stereocenters. The molecule has 2 saturated heterocycles. The number of nitrogens with one attached hydrogen (secondary N) is 2. The minimum absolute atomic E-state index is 0.0882. The monoisotopic (exact) mass is 534 g/mol. The SMILES string of the molecule is CCc1cc(O)c(F)cc1-c1cc(F)c2c(-c3nc4c([nH]3)CN(C(=O)CN3C[C@@H]5C[C@H]3CO5)CC4)n[nH]c2c1. The Balaban J connectivity index is 1.15. The van der Waals surface area contributed by atoms with Crippen molar-refractivity contribution in [3.8, 4) is 28.4 Å². The van der Waals surface area contributed by atoms with Gasteiger partial charge in [0.05, 0.1) is 48.1 Å². The van der Waals surface area contributed by atoms with Crippen molar-refractivity contribution in [3.63, 3.8) is 0 Å². The van der Waals surface area contributed by atoms with E-state index in [4.69, 9.17) is 9.72 Å². The van der Waals surface area contributed by atoms with Gasteiger partial charge in [-0.3, -0.25) is 14.8 Å². The number of carbonyl (C=O) groups excluding carboxylic acids is 1. The van der Waals surface area contributed by atoms with Crippen LogP contribution in [-0.2, 0) is 28.9 Å². The van der Waals surface area contributed by atoms with Gasteiger partial charge in [-0.2, -0.15) is 5.10 Å². The lowest BCUT2D eigenvalue weighted by atomic mass is 9.96. The number of hydrogen-bond acceptors (Lipinski definition) is 6. The number of carbonyl (C=O) groups is 1. The zero-order valence-electron chi connectivity index (χ0n) is 21.4. The molecule has 2 aromatic carbocycles. The van der Waals surface area contributed by atoms with Crippen molar-refractivity contribution in [2.45, 2.75) is 44.9 Å². The Labute approximate surface area is 222 Å². The second kappa shape index (κ2) is 9.13. The van der Waals surface area contributed by atoms with Gasteiger partial charge in [-0.1, -0.05) is 6.92 Å². The third-order valence-corrected chi connectivity index (χ3v) is 8.24. The first-order valence-corrected chi connectivity index (χ1v) is 13.3. The minimum Gasteiger partial charge on any atom is -0.505 e. The Morgan fingerprint density at radius 3 is 2.87 bits per heavy atom. The van der Waals surface area contributed by atoms with Crippen LogP contribution in [0.1, 0.15) is 30.3 Å². The quantitative estimate of drug-likeness (QED) is 0.362. The van der Waals surface area contributed by atoms with E-state index in [2.05, 4.69) is 20.1 Å². The number of rotatable bonds is 5. The number of halogens is 2. The number of amides is 1. The first-order valence-electron chi connectivity index (χ1n) is 13.3. The first-order chi connectivity index (χ1) is 18.9. The van der Waals surface area contributed by atoms with E-state index in [1.165, 1.54) is 18.2 Å². The molecule has 2 fully saturated rings. The highest BCUT2D eigenvalue weighted by molar-refractivity contribution is 5.94. The Morgan fingerprint density at radius 1 is 1.23 bits per heavy atom. The summed E-state index contributed by atoms with van der Waals surface area (Å²) >= 11 is 0. The number of aromatic amines is 2. The molecule has 3 N–H and O–H groups in total. The number of hydrogen-bond donors (Lipinski definition) is 3. The third-order valence-electron chi connectivity index (χ3n) is 8.24. The summed E-state index contributed by atoms with van der Waals surface area (Å²) < 4.78 is 35.3. The molecule has 202 valence electrons. The number of phenolic OH excluding ortho intramolecular Hbond substituents is 1. The summed E-state index contributed by atoms with van der Waals surface area (Å²) in [4.78, 5) is 25.1. The Morgan fingerprint density at radius 2 is 2.10 bits per heavy atom. The lowest BCUT2D eigenvalue weighted by Gasteiger charge is -2.31. The summed E-state index contributed by atoms with van der Waals surface area (Å²) in [5.74, 6) is -1.18. The van der Waals surface area contributed by atoms with Gasteiger partial charge in [0, 0.05) is 25.6 Å². The number of benzene rings is 2. The van der Waals surface area contributed by atoms with Crippen molar-refractivity contribution in [1.82, 2.24) is 30.0 Å². The molecular formula is C28H28F2N6O3. The van der Waals surface area contributed by atoms with Crippen molar-refractivity contribution in [2.75, 3.05) is 26.2 Å². The second-order valence-corrected chi connectivity index (χ2v) is 10.6. The highest BCUT2D eigenvalue weighted by atomic mass is 19.1. The van der Waals surface area contributed by atoms with E-state index >= 15 is 4.39 Å². The molecule has 5 heterocycles. The molecule has 0 unspecified atom stereocenters. The van der Waals surface area contributed by atoms with Gasteiger partial charge in [-0.15, -0.1) is 0 Å². The van der Waals surface area contributed by atoms with Gasteiger partial charge >= 0.3 is 0 Å². The summed E-state index contributed by atoms with van der Waals surface area (Å²) in [6.07, 6.45) is 2.40. The standard InChI is InChI=1S/C28H28F2N6O3/c1-2-14-7-24(37)19(29)9-18(14)15-5-20(30)26-22(6-15)33-34-27(26)28-31-21-3-4-35(11-23(21)32-28)25(38)12-36-10-17-8-16(36)13-39-17/h5-7,9,16-17,37H,2-4,8,10-13H2,1H3,(H,31,32)(H,33,34)/t16-,17-/m0/s1. The molecule has 39 heavy (non-hydrogen) atoms. The number of imidazole rings is 1. The fourth-order valence-corrected chi connectivity index (χ4v) is 6.17. The summed E-state index contributed by atoms with van der Waals surface area (Å²) in [6, 6.07) is 6.01. The van der Waals surface area contributed by atoms with E-state index in [0.29, 0.717) is 78.9 Å².